The van der Waals surface area contributed by atoms with Crippen molar-refractivity contribution in [1.29, 1.82) is 0 Å². The van der Waals surface area contributed by atoms with Gasteiger partial charge in [-0.15, -0.1) is 21.5 Å². The largest absolute Gasteiger partial charge is 0.497 e. The van der Waals surface area contributed by atoms with Crippen LogP contribution in [0, 0.1) is 13.8 Å². The number of methoxy groups -OCH3 is 2. The van der Waals surface area contributed by atoms with Crippen molar-refractivity contribution in [1.82, 2.24) is 15.2 Å². The van der Waals surface area contributed by atoms with Crippen LogP contribution in [-0.2, 0) is 5.75 Å². The number of ether oxygens (including phenoxy) is 2. The normalized spacial score (nSPS) is 10.7. The van der Waals surface area contributed by atoms with Crippen molar-refractivity contribution in [3.63, 3.8) is 0 Å². The molecule has 0 unspecified atom stereocenters. The molecular formula is C18H19N3O2S2. The molecular weight excluding hydrogens is 354 g/mol. The number of thioether (sulfide) groups is 1. The Hall–Kier alpha value is -2.12. The van der Waals surface area contributed by atoms with Gasteiger partial charge >= 0.3 is 0 Å². The van der Waals surface area contributed by atoms with E-state index in [4.69, 9.17) is 9.47 Å². The van der Waals surface area contributed by atoms with E-state index in [0.29, 0.717) is 0 Å². The van der Waals surface area contributed by atoms with Crippen molar-refractivity contribution >= 4 is 23.1 Å². The van der Waals surface area contributed by atoms with Crippen LogP contribution < -0.4 is 9.47 Å². The summed E-state index contributed by atoms with van der Waals surface area (Å²) in [6.45, 7) is 4.00. The van der Waals surface area contributed by atoms with E-state index in [1.54, 1.807) is 37.3 Å². The third-order valence-corrected chi connectivity index (χ3v) is 5.66. The molecule has 0 bridgehead atoms. The van der Waals surface area contributed by atoms with E-state index in [-0.39, 0.29) is 0 Å². The van der Waals surface area contributed by atoms with E-state index < -0.39 is 0 Å². The van der Waals surface area contributed by atoms with Gasteiger partial charge in [-0.25, -0.2) is 4.98 Å². The van der Waals surface area contributed by atoms with Crippen molar-refractivity contribution < 1.29 is 9.47 Å². The summed E-state index contributed by atoms with van der Waals surface area (Å²) in [5, 5.41) is 10.6. The predicted molar refractivity (Wildman–Crippen MR) is 102 cm³/mol. The highest BCUT2D eigenvalue weighted by Gasteiger charge is 2.10. The lowest BCUT2D eigenvalue weighted by atomic mass is 10.2. The summed E-state index contributed by atoms with van der Waals surface area (Å²) in [7, 11) is 3.30. The number of hydrogen-bond donors (Lipinski definition) is 0. The van der Waals surface area contributed by atoms with Gasteiger partial charge in [0.05, 0.1) is 29.8 Å². The summed E-state index contributed by atoms with van der Waals surface area (Å²) < 4.78 is 10.6. The summed E-state index contributed by atoms with van der Waals surface area (Å²) >= 11 is 3.27. The Balaban J connectivity index is 1.71. The summed E-state index contributed by atoms with van der Waals surface area (Å²) in [5.41, 5.74) is 2.98. The number of benzene rings is 1. The van der Waals surface area contributed by atoms with Crippen LogP contribution in [0.2, 0.25) is 0 Å². The summed E-state index contributed by atoms with van der Waals surface area (Å²) in [6.07, 6.45) is 0. The molecule has 0 aliphatic rings. The van der Waals surface area contributed by atoms with Gasteiger partial charge < -0.3 is 9.47 Å². The van der Waals surface area contributed by atoms with E-state index in [2.05, 4.69) is 15.2 Å². The lowest BCUT2D eigenvalue weighted by Crippen LogP contribution is -1.92. The van der Waals surface area contributed by atoms with Crippen LogP contribution in [0.5, 0.6) is 11.5 Å². The molecule has 0 saturated carbocycles. The lowest BCUT2D eigenvalue weighted by molar-refractivity contribution is 0.393. The van der Waals surface area contributed by atoms with E-state index in [1.165, 1.54) is 0 Å². The van der Waals surface area contributed by atoms with E-state index in [0.717, 1.165) is 49.1 Å². The first kappa shape index (κ1) is 17.7. The first-order chi connectivity index (χ1) is 12.1. The van der Waals surface area contributed by atoms with Crippen molar-refractivity contribution in [3.8, 4) is 22.1 Å². The molecule has 0 spiro atoms. The Morgan fingerprint density at radius 2 is 1.72 bits per heavy atom. The van der Waals surface area contributed by atoms with Gasteiger partial charge in [-0.2, -0.15) is 0 Å². The Morgan fingerprint density at radius 3 is 2.24 bits per heavy atom. The molecule has 0 fully saturated rings. The molecule has 2 aromatic heterocycles. The highest BCUT2D eigenvalue weighted by molar-refractivity contribution is 7.98. The molecule has 0 aliphatic heterocycles. The van der Waals surface area contributed by atoms with Gasteiger partial charge in [-0.3, -0.25) is 0 Å². The second-order valence-corrected chi connectivity index (χ2v) is 7.61. The number of aromatic nitrogens is 3. The summed E-state index contributed by atoms with van der Waals surface area (Å²) in [4.78, 5) is 5.52. The molecule has 25 heavy (non-hydrogen) atoms. The number of hydrogen-bond acceptors (Lipinski definition) is 7. The first-order valence-electron chi connectivity index (χ1n) is 7.72. The fraction of sp³-hybridized carbons (Fsp3) is 0.278. The molecule has 1 aromatic carbocycles. The van der Waals surface area contributed by atoms with Gasteiger partial charge in [0.15, 0.2) is 0 Å². The predicted octanol–water partition coefficient (Wildman–Crippen LogP) is 4.53. The van der Waals surface area contributed by atoms with Crippen LogP contribution in [0.1, 0.15) is 16.3 Å². The zero-order chi connectivity index (χ0) is 17.8. The van der Waals surface area contributed by atoms with Crippen LogP contribution in [0.3, 0.4) is 0 Å². The number of aryl methyl sites for hydroxylation is 2. The molecule has 0 atom stereocenters. The fourth-order valence-electron chi connectivity index (χ4n) is 2.39. The zero-order valence-electron chi connectivity index (χ0n) is 14.6. The molecule has 7 heteroatoms. The second-order valence-electron chi connectivity index (χ2n) is 5.41. The SMILES string of the molecule is COc1cc(CSc2ccc(-c3sc(C)nc3C)nn2)cc(OC)c1. The van der Waals surface area contributed by atoms with Crippen LogP contribution in [0.15, 0.2) is 35.4 Å². The minimum Gasteiger partial charge on any atom is -0.497 e. The highest BCUT2D eigenvalue weighted by atomic mass is 32.2. The lowest BCUT2D eigenvalue weighted by Gasteiger charge is -2.08. The van der Waals surface area contributed by atoms with E-state index in [1.807, 2.05) is 44.2 Å². The topological polar surface area (TPSA) is 57.1 Å². The smallest absolute Gasteiger partial charge is 0.122 e. The van der Waals surface area contributed by atoms with Crippen molar-refractivity contribution in [2.45, 2.75) is 24.6 Å². The Labute approximate surface area is 155 Å². The number of rotatable bonds is 6. The molecule has 0 saturated heterocycles. The van der Waals surface area contributed by atoms with Crippen LogP contribution >= 0.6 is 23.1 Å². The number of thiazole rings is 1. The van der Waals surface area contributed by atoms with E-state index in [9.17, 15) is 0 Å². The molecule has 0 N–H and O–H groups in total. The van der Waals surface area contributed by atoms with Gasteiger partial charge in [0.1, 0.15) is 22.2 Å². The maximum atomic E-state index is 5.31. The highest BCUT2D eigenvalue weighted by Crippen LogP contribution is 2.30. The van der Waals surface area contributed by atoms with E-state index >= 15 is 0 Å². The van der Waals surface area contributed by atoms with Gasteiger partial charge in [-0.1, -0.05) is 11.8 Å². The van der Waals surface area contributed by atoms with Crippen molar-refractivity contribution in [3.05, 3.63) is 46.6 Å². The molecule has 0 radical (unpaired) electrons. The molecule has 5 nitrogen and oxygen atoms in total. The molecule has 3 rings (SSSR count). The van der Waals surface area contributed by atoms with Crippen LogP contribution in [0.4, 0.5) is 0 Å². The standard InChI is InChI=1S/C18H19N3O2S2/c1-11-18(25-12(2)19-11)16-5-6-17(21-20-16)24-10-13-7-14(22-3)9-15(8-13)23-4/h5-9H,10H2,1-4H3. The van der Waals surface area contributed by atoms with Crippen LogP contribution in [0.25, 0.3) is 10.6 Å². The molecule has 130 valence electrons. The van der Waals surface area contributed by atoms with Crippen molar-refractivity contribution in [2.75, 3.05) is 14.2 Å². The molecule has 0 aliphatic carbocycles. The zero-order valence-corrected chi connectivity index (χ0v) is 16.2. The van der Waals surface area contributed by atoms with Gasteiger partial charge in [0.25, 0.3) is 0 Å². The minimum absolute atomic E-state index is 0.764. The first-order valence-corrected chi connectivity index (χ1v) is 9.52. The monoisotopic (exact) mass is 373 g/mol. The fourth-order valence-corrected chi connectivity index (χ4v) is 4.02. The third kappa shape index (κ3) is 4.29. The van der Waals surface area contributed by atoms with Crippen LogP contribution in [-0.4, -0.2) is 29.4 Å². The average Bonchev–Trinajstić information content (AvgIpc) is 2.98. The minimum atomic E-state index is 0.764. The molecule has 2 heterocycles. The summed E-state index contributed by atoms with van der Waals surface area (Å²) in [6, 6.07) is 9.87. The van der Waals surface area contributed by atoms with Gasteiger partial charge in [0.2, 0.25) is 0 Å². The second kappa shape index (κ2) is 7.84. The molecule has 3 aromatic rings. The third-order valence-electron chi connectivity index (χ3n) is 3.57. The van der Waals surface area contributed by atoms with Gasteiger partial charge in [0, 0.05) is 11.8 Å². The maximum Gasteiger partial charge on any atom is 0.122 e. The maximum absolute atomic E-state index is 5.31. The van der Waals surface area contributed by atoms with Crippen molar-refractivity contribution in [2.24, 2.45) is 0 Å². The number of nitrogens with zero attached hydrogens (tertiary/aromatic N) is 3. The average molecular weight is 374 g/mol. The quantitative estimate of drug-likeness (QED) is 0.592. The Morgan fingerprint density at radius 1 is 1.00 bits per heavy atom. The summed E-state index contributed by atoms with van der Waals surface area (Å²) in [5.74, 6) is 2.33. The van der Waals surface area contributed by atoms with Gasteiger partial charge in [-0.05, 0) is 43.7 Å². The Bertz CT molecular complexity index is 841. The molecule has 0 amide bonds. The Kier molecular flexibility index (Phi) is 5.55.